The Kier molecular flexibility index (Phi) is 5.51. The Bertz CT molecular complexity index is 472. The smallest absolute Gasteiger partial charge is 0.274 e. The van der Waals surface area contributed by atoms with E-state index in [1.807, 2.05) is 39.8 Å². The molecule has 0 amide bonds. The third kappa shape index (κ3) is 4.49. The van der Waals surface area contributed by atoms with E-state index < -0.39 is 0 Å². The molecule has 0 saturated carbocycles. The average molecular weight is 280 g/mol. The van der Waals surface area contributed by atoms with Gasteiger partial charge in [-0.1, -0.05) is 13.0 Å². The van der Waals surface area contributed by atoms with Gasteiger partial charge in [0.2, 0.25) is 0 Å². The summed E-state index contributed by atoms with van der Waals surface area (Å²) in [5.74, 6) is 0. The van der Waals surface area contributed by atoms with Gasteiger partial charge in [-0.2, -0.15) is 0 Å². The maximum absolute atomic E-state index is 11.1. The van der Waals surface area contributed by atoms with Gasteiger partial charge in [-0.25, -0.2) is 0 Å². The van der Waals surface area contributed by atoms with Crippen LogP contribution in [0.1, 0.15) is 39.7 Å². The van der Waals surface area contributed by atoms with Crippen LogP contribution in [0.5, 0.6) is 0 Å². The van der Waals surface area contributed by atoms with Crippen molar-refractivity contribution in [3.8, 4) is 0 Å². The lowest BCUT2D eigenvalue weighted by atomic mass is 9.99. The molecule has 0 spiro atoms. The molecule has 5 heteroatoms. The monoisotopic (exact) mass is 280 g/mol. The Labute approximate surface area is 120 Å². The molecule has 0 fully saturated rings. The molecule has 20 heavy (non-hydrogen) atoms. The summed E-state index contributed by atoms with van der Waals surface area (Å²) in [7, 11) is 1.69. The molecule has 0 aliphatic rings. The van der Waals surface area contributed by atoms with E-state index >= 15 is 0 Å². The normalized spacial score (nSPS) is 13.1. The summed E-state index contributed by atoms with van der Waals surface area (Å²) in [4.78, 5) is 10.7. The van der Waals surface area contributed by atoms with Crippen molar-refractivity contribution in [3.63, 3.8) is 0 Å². The fourth-order valence-electron chi connectivity index (χ4n) is 2.28. The highest BCUT2D eigenvalue weighted by Gasteiger charge is 2.21. The number of ether oxygens (including phenoxy) is 1. The molecule has 0 aliphatic carbocycles. The third-order valence-corrected chi connectivity index (χ3v) is 3.43. The molecule has 1 rings (SSSR count). The van der Waals surface area contributed by atoms with Crippen molar-refractivity contribution in [1.82, 2.24) is 0 Å². The summed E-state index contributed by atoms with van der Waals surface area (Å²) in [6.45, 7) is 8.00. The Hall–Kier alpha value is -1.62. The van der Waals surface area contributed by atoms with E-state index in [-0.39, 0.29) is 22.3 Å². The van der Waals surface area contributed by atoms with E-state index in [1.165, 1.54) is 0 Å². The lowest BCUT2D eigenvalue weighted by molar-refractivity contribution is -0.385. The lowest BCUT2D eigenvalue weighted by Gasteiger charge is -2.27. The predicted octanol–water partition coefficient (Wildman–Crippen LogP) is 3.77. The van der Waals surface area contributed by atoms with Gasteiger partial charge in [-0.05, 0) is 39.7 Å². The van der Waals surface area contributed by atoms with Crippen molar-refractivity contribution in [3.05, 3.63) is 33.9 Å². The largest absolute Gasteiger partial charge is 0.382 e. The van der Waals surface area contributed by atoms with Gasteiger partial charge in [0.15, 0.2) is 0 Å². The number of benzene rings is 1. The molecule has 0 heterocycles. The maximum atomic E-state index is 11.1. The van der Waals surface area contributed by atoms with Crippen LogP contribution in [0.25, 0.3) is 0 Å². The molecule has 0 saturated heterocycles. The van der Waals surface area contributed by atoms with Gasteiger partial charge >= 0.3 is 0 Å². The van der Waals surface area contributed by atoms with Crippen LogP contribution in [0.15, 0.2) is 18.2 Å². The molecule has 112 valence electrons. The van der Waals surface area contributed by atoms with Crippen LogP contribution in [0.4, 0.5) is 11.4 Å². The highest BCUT2D eigenvalue weighted by Crippen LogP contribution is 2.25. The van der Waals surface area contributed by atoms with Gasteiger partial charge in [0.1, 0.15) is 0 Å². The third-order valence-electron chi connectivity index (χ3n) is 3.43. The van der Waals surface area contributed by atoms with Crippen LogP contribution >= 0.6 is 0 Å². The summed E-state index contributed by atoms with van der Waals surface area (Å²) in [6.07, 6.45) is 1.47. The molecule has 1 unspecified atom stereocenters. The van der Waals surface area contributed by atoms with E-state index in [9.17, 15) is 10.1 Å². The first-order chi connectivity index (χ1) is 9.29. The summed E-state index contributed by atoms with van der Waals surface area (Å²) in [6, 6.07) is 5.48. The van der Waals surface area contributed by atoms with Crippen LogP contribution in [-0.4, -0.2) is 23.7 Å². The number of nitrogens with zero attached hydrogens (tertiary/aromatic N) is 1. The van der Waals surface area contributed by atoms with E-state index in [4.69, 9.17) is 4.74 Å². The summed E-state index contributed by atoms with van der Waals surface area (Å²) in [5.41, 5.74) is 1.48. The van der Waals surface area contributed by atoms with E-state index in [1.54, 1.807) is 13.2 Å². The summed E-state index contributed by atoms with van der Waals surface area (Å²) in [5, 5.41) is 14.3. The van der Waals surface area contributed by atoms with Crippen molar-refractivity contribution in [2.75, 3.05) is 12.4 Å². The minimum absolute atomic E-state index is 0.164. The molecule has 0 aliphatic heterocycles. The first-order valence-corrected chi connectivity index (χ1v) is 6.88. The van der Waals surface area contributed by atoms with Gasteiger partial charge in [-0.15, -0.1) is 0 Å². The second-order valence-corrected chi connectivity index (χ2v) is 5.67. The molecule has 1 atom stereocenters. The number of nitrogens with one attached hydrogen (secondary N) is 1. The van der Waals surface area contributed by atoms with Crippen LogP contribution in [0, 0.1) is 10.1 Å². The molecule has 0 aromatic heterocycles. The lowest BCUT2D eigenvalue weighted by Crippen LogP contribution is -2.31. The van der Waals surface area contributed by atoms with Crippen molar-refractivity contribution in [2.24, 2.45) is 0 Å². The molecule has 5 nitrogen and oxygen atoms in total. The van der Waals surface area contributed by atoms with Crippen LogP contribution in [0.2, 0.25) is 0 Å². The standard InChI is InChI=1S/C15H24N2O3/c1-6-12-7-8-13(9-14(12)17(18)19)16-11(2)10-15(3,4)20-5/h7-9,11,16H,6,10H2,1-5H3. The minimum Gasteiger partial charge on any atom is -0.382 e. The van der Waals surface area contributed by atoms with Crippen molar-refractivity contribution in [2.45, 2.75) is 52.2 Å². The zero-order chi connectivity index (χ0) is 15.3. The Morgan fingerprint density at radius 1 is 1.45 bits per heavy atom. The molecular weight excluding hydrogens is 256 g/mol. The van der Waals surface area contributed by atoms with Crippen LogP contribution < -0.4 is 5.32 Å². The highest BCUT2D eigenvalue weighted by atomic mass is 16.6. The van der Waals surface area contributed by atoms with Gasteiger partial charge < -0.3 is 10.1 Å². The van der Waals surface area contributed by atoms with Crippen LogP contribution in [-0.2, 0) is 11.2 Å². The molecule has 1 aromatic rings. The number of nitro benzene ring substituents is 1. The topological polar surface area (TPSA) is 64.4 Å². The van der Waals surface area contributed by atoms with Gasteiger partial charge in [-0.3, -0.25) is 10.1 Å². The molecular formula is C15H24N2O3. The van der Waals surface area contributed by atoms with E-state index in [0.717, 1.165) is 17.7 Å². The van der Waals surface area contributed by atoms with Gasteiger partial charge in [0.05, 0.1) is 10.5 Å². The first kappa shape index (κ1) is 16.4. The minimum atomic E-state index is -0.326. The quantitative estimate of drug-likeness (QED) is 0.610. The molecule has 1 N–H and O–H groups in total. The zero-order valence-electron chi connectivity index (χ0n) is 12.9. The summed E-state index contributed by atoms with van der Waals surface area (Å²) >= 11 is 0. The Morgan fingerprint density at radius 2 is 2.10 bits per heavy atom. The highest BCUT2D eigenvalue weighted by molar-refractivity contribution is 5.55. The number of methoxy groups -OCH3 is 1. The maximum Gasteiger partial charge on any atom is 0.274 e. The van der Waals surface area contributed by atoms with Gasteiger partial charge in [0.25, 0.3) is 5.69 Å². The predicted molar refractivity (Wildman–Crippen MR) is 81.3 cm³/mol. The second-order valence-electron chi connectivity index (χ2n) is 5.67. The molecule has 0 radical (unpaired) electrons. The Morgan fingerprint density at radius 3 is 2.60 bits per heavy atom. The summed E-state index contributed by atoms with van der Waals surface area (Å²) < 4.78 is 5.40. The second kappa shape index (κ2) is 6.70. The average Bonchev–Trinajstić information content (AvgIpc) is 2.37. The number of aryl methyl sites for hydroxylation is 1. The molecule has 0 bridgehead atoms. The fraction of sp³-hybridized carbons (Fsp3) is 0.600. The van der Waals surface area contributed by atoms with Crippen molar-refractivity contribution >= 4 is 11.4 Å². The van der Waals surface area contributed by atoms with E-state index in [0.29, 0.717) is 6.42 Å². The van der Waals surface area contributed by atoms with Crippen molar-refractivity contribution in [1.29, 1.82) is 0 Å². The van der Waals surface area contributed by atoms with Gasteiger partial charge in [0, 0.05) is 30.5 Å². The Balaban J connectivity index is 2.83. The first-order valence-electron chi connectivity index (χ1n) is 6.88. The number of anilines is 1. The van der Waals surface area contributed by atoms with Crippen molar-refractivity contribution < 1.29 is 9.66 Å². The number of rotatable bonds is 7. The number of hydrogen-bond donors (Lipinski definition) is 1. The number of hydrogen-bond acceptors (Lipinski definition) is 4. The fourth-order valence-corrected chi connectivity index (χ4v) is 2.28. The van der Waals surface area contributed by atoms with E-state index in [2.05, 4.69) is 5.32 Å². The molecule has 1 aromatic carbocycles. The van der Waals surface area contributed by atoms with Crippen LogP contribution in [0.3, 0.4) is 0 Å². The zero-order valence-corrected chi connectivity index (χ0v) is 12.9. The number of nitro groups is 1. The SMILES string of the molecule is CCc1ccc(NC(C)CC(C)(C)OC)cc1[N+](=O)[O-].